The number of phenolic OH excluding ortho intramolecular Hbond substituents is 1. The molecule has 0 radical (unpaired) electrons. The summed E-state index contributed by atoms with van der Waals surface area (Å²) in [4.78, 5) is 17.1. The molecule has 1 aliphatic carbocycles. The van der Waals surface area contributed by atoms with Crippen LogP contribution < -0.4 is 11.2 Å². The fraction of sp³-hybridized carbons (Fsp3) is 0.500. The third-order valence-electron chi connectivity index (χ3n) is 3.36. The van der Waals surface area contributed by atoms with Crippen LogP contribution in [0.25, 0.3) is 0 Å². The van der Waals surface area contributed by atoms with E-state index in [1.807, 2.05) is 0 Å². The first-order valence-corrected chi connectivity index (χ1v) is 6.64. The largest absolute Gasteiger partial charge is 0.508 e. The minimum absolute atomic E-state index is 0.129. The maximum Gasteiger partial charge on any atom is 0.260 e. The van der Waals surface area contributed by atoms with E-state index < -0.39 is 6.04 Å². The van der Waals surface area contributed by atoms with Gasteiger partial charge in [-0.25, -0.2) is 5.48 Å². The highest BCUT2D eigenvalue weighted by Crippen LogP contribution is 2.19. The topological polar surface area (TPSA) is 84.6 Å². The fourth-order valence-corrected chi connectivity index (χ4v) is 2.20. The van der Waals surface area contributed by atoms with E-state index in [0.717, 1.165) is 31.2 Å². The first-order valence-electron chi connectivity index (χ1n) is 6.64. The van der Waals surface area contributed by atoms with Crippen LogP contribution in [0.4, 0.5) is 0 Å². The third kappa shape index (κ3) is 4.22. The second kappa shape index (κ2) is 6.54. The van der Waals surface area contributed by atoms with Gasteiger partial charge in [0.2, 0.25) is 0 Å². The van der Waals surface area contributed by atoms with Crippen LogP contribution in [0.5, 0.6) is 5.75 Å². The average Bonchev–Trinajstić information content (AvgIpc) is 2.91. The van der Waals surface area contributed by atoms with E-state index in [2.05, 4.69) is 5.48 Å². The Bertz CT molecular complexity index is 413. The third-order valence-corrected chi connectivity index (χ3v) is 3.36. The van der Waals surface area contributed by atoms with Gasteiger partial charge in [-0.15, -0.1) is 0 Å². The van der Waals surface area contributed by atoms with Crippen molar-refractivity contribution in [2.24, 2.45) is 5.73 Å². The van der Waals surface area contributed by atoms with Gasteiger partial charge in [0.25, 0.3) is 5.91 Å². The van der Waals surface area contributed by atoms with Gasteiger partial charge in [-0.2, -0.15) is 0 Å². The molecule has 1 amide bonds. The number of hydrogen-bond acceptors (Lipinski definition) is 4. The van der Waals surface area contributed by atoms with Crippen molar-refractivity contribution in [3.63, 3.8) is 0 Å². The number of amides is 1. The standard InChI is InChI=1S/C14H20N2O3/c15-13(9-10-5-7-11(17)8-6-10)14(18)16-19-12-3-1-2-4-12/h5-8,12-13,17H,1-4,9,15H2,(H,16,18)/t13-/m0/s1. The maximum absolute atomic E-state index is 11.8. The molecule has 1 aliphatic rings. The van der Waals surface area contributed by atoms with Crippen LogP contribution in [-0.2, 0) is 16.1 Å². The molecule has 2 rings (SSSR count). The molecule has 5 nitrogen and oxygen atoms in total. The van der Waals surface area contributed by atoms with Crippen molar-refractivity contribution >= 4 is 5.91 Å². The number of benzene rings is 1. The Morgan fingerprint density at radius 1 is 1.37 bits per heavy atom. The molecule has 0 heterocycles. The lowest BCUT2D eigenvalue weighted by Gasteiger charge is -2.15. The minimum Gasteiger partial charge on any atom is -0.508 e. The molecule has 1 fully saturated rings. The number of carbonyl (C=O) groups excluding carboxylic acids is 1. The molecule has 0 spiro atoms. The van der Waals surface area contributed by atoms with Gasteiger partial charge >= 0.3 is 0 Å². The summed E-state index contributed by atoms with van der Waals surface area (Å²) in [5.41, 5.74) is 9.16. The Balaban J connectivity index is 1.76. The van der Waals surface area contributed by atoms with Crippen LogP contribution in [0.2, 0.25) is 0 Å². The minimum atomic E-state index is -0.647. The summed E-state index contributed by atoms with van der Waals surface area (Å²) < 4.78 is 0. The molecule has 0 saturated heterocycles. The Hall–Kier alpha value is -1.59. The number of rotatable bonds is 5. The normalized spacial score (nSPS) is 17.3. The van der Waals surface area contributed by atoms with Crippen molar-refractivity contribution in [2.75, 3.05) is 0 Å². The predicted octanol–water partition coefficient (Wildman–Crippen LogP) is 1.25. The summed E-state index contributed by atoms with van der Waals surface area (Å²) in [5.74, 6) is -0.105. The summed E-state index contributed by atoms with van der Waals surface area (Å²) in [7, 11) is 0. The summed E-state index contributed by atoms with van der Waals surface area (Å²) in [6.45, 7) is 0. The lowest BCUT2D eigenvalue weighted by atomic mass is 10.1. The number of aromatic hydroxyl groups is 1. The summed E-state index contributed by atoms with van der Waals surface area (Å²) in [5, 5.41) is 9.17. The van der Waals surface area contributed by atoms with Gasteiger partial charge in [0.1, 0.15) is 5.75 Å². The van der Waals surface area contributed by atoms with E-state index in [9.17, 15) is 9.90 Å². The van der Waals surface area contributed by atoms with Crippen LogP contribution in [0.3, 0.4) is 0 Å². The second-order valence-electron chi connectivity index (χ2n) is 4.97. The smallest absolute Gasteiger partial charge is 0.260 e. The molecule has 0 aromatic heterocycles. The van der Waals surface area contributed by atoms with E-state index in [0.29, 0.717) is 6.42 Å². The SMILES string of the molecule is N[C@@H](Cc1ccc(O)cc1)C(=O)NOC1CCCC1. The fourth-order valence-electron chi connectivity index (χ4n) is 2.20. The predicted molar refractivity (Wildman–Crippen MR) is 71.3 cm³/mol. The summed E-state index contributed by atoms with van der Waals surface area (Å²) in [6, 6.07) is 6.01. The van der Waals surface area contributed by atoms with Crippen LogP contribution in [0, 0.1) is 0 Å². The molecule has 4 N–H and O–H groups in total. The lowest BCUT2D eigenvalue weighted by molar-refractivity contribution is -0.139. The van der Waals surface area contributed by atoms with Gasteiger partial charge in [0.15, 0.2) is 0 Å². The first-order chi connectivity index (χ1) is 9.15. The van der Waals surface area contributed by atoms with E-state index >= 15 is 0 Å². The van der Waals surface area contributed by atoms with Crippen molar-refractivity contribution in [3.8, 4) is 5.75 Å². The Labute approximate surface area is 112 Å². The molecule has 0 unspecified atom stereocenters. The maximum atomic E-state index is 11.8. The number of carbonyl (C=O) groups is 1. The first kappa shape index (κ1) is 13.8. The molecule has 0 bridgehead atoms. The van der Waals surface area contributed by atoms with Crippen LogP contribution >= 0.6 is 0 Å². The molecule has 1 atom stereocenters. The van der Waals surface area contributed by atoms with Crippen molar-refractivity contribution in [1.29, 1.82) is 0 Å². The van der Waals surface area contributed by atoms with Gasteiger partial charge in [0.05, 0.1) is 12.1 Å². The average molecular weight is 264 g/mol. The highest BCUT2D eigenvalue weighted by molar-refractivity contribution is 5.80. The number of phenols is 1. The zero-order chi connectivity index (χ0) is 13.7. The number of hydrogen-bond donors (Lipinski definition) is 3. The molecule has 19 heavy (non-hydrogen) atoms. The van der Waals surface area contributed by atoms with E-state index in [4.69, 9.17) is 10.6 Å². The molecular weight excluding hydrogens is 244 g/mol. The molecule has 5 heteroatoms. The molecule has 1 saturated carbocycles. The van der Waals surface area contributed by atoms with Gasteiger partial charge < -0.3 is 10.8 Å². The van der Waals surface area contributed by atoms with E-state index in [1.54, 1.807) is 24.3 Å². The van der Waals surface area contributed by atoms with Crippen molar-refractivity contribution in [3.05, 3.63) is 29.8 Å². The number of nitrogens with one attached hydrogen (secondary N) is 1. The van der Waals surface area contributed by atoms with Crippen LogP contribution in [-0.4, -0.2) is 23.2 Å². The second-order valence-corrected chi connectivity index (χ2v) is 4.97. The molecule has 0 aliphatic heterocycles. The quantitative estimate of drug-likeness (QED) is 0.699. The van der Waals surface area contributed by atoms with Crippen molar-refractivity contribution < 1.29 is 14.7 Å². The zero-order valence-corrected chi connectivity index (χ0v) is 10.8. The highest BCUT2D eigenvalue weighted by Gasteiger charge is 2.19. The van der Waals surface area contributed by atoms with Crippen molar-refractivity contribution in [1.82, 2.24) is 5.48 Å². The Morgan fingerprint density at radius 2 is 2.00 bits per heavy atom. The van der Waals surface area contributed by atoms with Gasteiger partial charge in [-0.05, 0) is 37.0 Å². The van der Waals surface area contributed by atoms with Crippen molar-refractivity contribution in [2.45, 2.75) is 44.2 Å². The van der Waals surface area contributed by atoms with Gasteiger partial charge in [-0.3, -0.25) is 9.63 Å². The highest BCUT2D eigenvalue weighted by atomic mass is 16.7. The lowest BCUT2D eigenvalue weighted by Crippen LogP contribution is -2.43. The molecule has 1 aromatic carbocycles. The van der Waals surface area contributed by atoms with Crippen LogP contribution in [0.15, 0.2) is 24.3 Å². The van der Waals surface area contributed by atoms with E-state index in [-0.39, 0.29) is 17.8 Å². The number of hydroxylamine groups is 1. The molecular formula is C14H20N2O3. The Kier molecular flexibility index (Phi) is 4.76. The Morgan fingerprint density at radius 3 is 2.63 bits per heavy atom. The summed E-state index contributed by atoms with van der Waals surface area (Å²) in [6.07, 6.45) is 4.84. The van der Waals surface area contributed by atoms with Gasteiger partial charge in [-0.1, -0.05) is 25.0 Å². The van der Waals surface area contributed by atoms with Gasteiger partial charge in [0, 0.05) is 0 Å². The van der Waals surface area contributed by atoms with E-state index in [1.165, 1.54) is 0 Å². The number of nitrogens with two attached hydrogens (primary N) is 1. The zero-order valence-electron chi connectivity index (χ0n) is 10.8. The molecule has 104 valence electrons. The monoisotopic (exact) mass is 264 g/mol. The summed E-state index contributed by atoms with van der Waals surface area (Å²) >= 11 is 0. The molecule has 1 aromatic rings. The van der Waals surface area contributed by atoms with Crippen LogP contribution in [0.1, 0.15) is 31.2 Å².